The van der Waals surface area contributed by atoms with Crippen LogP contribution in [-0.4, -0.2) is 65.7 Å². The first-order valence-corrected chi connectivity index (χ1v) is 18.4. The molecule has 0 saturated carbocycles. The number of piperidine rings is 1. The van der Waals surface area contributed by atoms with Crippen molar-refractivity contribution in [1.29, 1.82) is 0 Å². The SMILES string of the molecule is CCS(=O)(=O)c1ccc(Cl)cc1Cn1c(=O)[nH]c2c(Cl)c(CN3CCC[C@@H](C(=O)CCCNC(=O)OC(C)(C)C)C3)c(C(F)(F)F)cc2c1=O. The van der Waals surface area contributed by atoms with Crippen LogP contribution in [0.25, 0.3) is 10.9 Å². The Kier molecular flexibility index (Phi) is 12.2. The average Bonchev–Trinajstić information content (AvgIpc) is 3.01. The van der Waals surface area contributed by atoms with Crippen LogP contribution in [-0.2, 0) is 38.6 Å². The fourth-order valence-electron chi connectivity index (χ4n) is 5.90. The topological polar surface area (TPSA) is 148 Å². The third kappa shape index (κ3) is 9.47. The minimum absolute atomic E-state index is 0.0126. The van der Waals surface area contributed by atoms with Crippen molar-refractivity contribution in [3.8, 4) is 0 Å². The predicted molar refractivity (Wildman–Crippen MR) is 184 cm³/mol. The second-order valence-corrected chi connectivity index (χ2v) is 16.2. The number of aromatic nitrogens is 2. The van der Waals surface area contributed by atoms with Crippen molar-refractivity contribution in [3.05, 3.63) is 71.8 Å². The molecule has 17 heteroatoms. The zero-order valence-corrected chi connectivity index (χ0v) is 30.3. The van der Waals surface area contributed by atoms with Gasteiger partial charge in [-0.2, -0.15) is 13.2 Å². The van der Waals surface area contributed by atoms with E-state index in [2.05, 4.69) is 10.3 Å². The fraction of sp³-hybridized carbons (Fsp3) is 0.515. The summed E-state index contributed by atoms with van der Waals surface area (Å²) in [6.45, 7) is 6.49. The minimum Gasteiger partial charge on any atom is -0.444 e. The molecule has 2 aromatic carbocycles. The second kappa shape index (κ2) is 15.5. The van der Waals surface area contributed by atoms with Gasteiger partial charge in [0.05, 0.1) is 38.7 Å². The van der Waals surface area contributed by atoms with Gasteiger partial charge >= 0.3 is 18.0 Å². The summed E-state index contributed by atoms with van der Waals surface area (Å²) in [6.07, 6.45) is -3.93. The molecule has 1 aromatic heterocycles. The van der Waals surface area contributed by atoms with Crippen molar-refractivity contribution in [1.82, 2.24) is 19.8 Å². The van der Waals surface area contributed by atoms with Crippen molar-refractivity contribution in [3.63, 3.8) is 0 Å². The molecular formula is C33H39Cl2F3N4O7S. The van der Waals surface area contributed by atoms with Crippen LogP contribution in [0, 0.1) is 5.92 Å². The lowest BCUT2D eigenvalue weighted by atomic mass is 9.91. The molecule has 50 heavy (non-hydrogen) atoms. The van der Waals surface area contributed by atoms with Gasteiger partial charge in [0.1, 0.15) is 11.4 Å². The highest BCUT2D eigenvalue weighted by Crippen LogP contribution is 2.39. The standard InChI is InChI=1S/C33H39Cl2F3N4O7S/c1-5-50(47,48)26-11-10-21(34)14-20(26)17-42-29(44)22-15-24(33(36,37)38)23(27(35)28(22)40-30(42)45)18-41-13-7-8-19(16-41)25(43)9-6-12-39-31(46)49-32(2,3)4/h10-11,14-15,19H,5-9,12-13,16-18H2,1-4H3,(H,39,46)(H,40,45)/t19-/m1/s1. The van der Waals surface area contributed by atoms with E-state index >= 15 is 0 Å². The Morgan fingerprint density at radius 3 is 2.44 bits per heavy atom. The molecule has 1 aliphatic rings. The molecule has 1 saturated heterocycles. The largest absolute Gasteiger partial charge is 0.444 e. The molecule has 1 atom stereocenters. The molecule has 4 rings (SSSR count). The first-order chi connectivity index (χ1) is 23.2. The summed E-state index contributed by atoms with van der Waals surface area (Å²) in [5.41, 5.74) is -4.60. The number of aromatic amines is 1. The lowest BCUT2D eigenvalue weighted by Gasteiger charge is -2.33. The van der Waals surface area contributed by atoms with Crippen LogP contribution >= 0.6 is 23.2 Å². The third-order valence-corrected chi connectivity index (χ3v) is 10.8. The highest BCUT2D eigenvalue weighted by Gasteiger charge is 2.37. The number of hydrogen-bond donors (Lipinski definition) is 2. The lowest BCUT2D eigenvalue weighted by molar-refractivity contribution is -0.138. The number of amides is 1. The zero-order valence-electron chi connectivity index (χ0n) is 28.0. The monoisotopic (exact) mass is 762 g/mol. The lowest BCUT2D eigenvalue weighted by Crippen LogP contribution is -2.39. The summed E-state index contributed by atoms with van der Waals surface area (Å²) in [4.78, 5) is 55.6. The van der Waals surface area contributed by atoms with Crippen LogP contribution in [0.15, 0.2) is 38.8 Å². The van der Waals surface area contributed by atoms with Crippen LogP contribution in [0.4, 0.5) is 18.0 Å². The third-order valence-electron chi connectivity index (χ3n) is 8.30. The van der Waals surface area contributed by atoms with Gasteiger partial charge in [-0.15, -0.1) is 0 Å². The van der Waals surface area contributed by atoms with Crippen molar-refractivity contribution < 1.29 is 35.9 Å². The number of Topliss-reactive ketones (excluding diaryl/α,β-unsaturated/α-hetero) is 1. The van der Waals surface area contributed by atoms with E-state index in [0.717, 1.165) is 0 Å². The number of ketones is 1. The number of halogens is 5. The first-order valence-electron chi connectivity index (χ1n) is 16.0. The van der Waals surface area contributed by atoms with Gasteiger partial charge in [0.25, 0.3) is 5.56 Å². The summed E-state index contributed by atoms with van der Waals surface area (Å²) >= 11 is 12.6. The Morgan fingerprint density at radius 1 is 1.10 bits per heavy atom. The van der Waals surface area contributed by atoms with E-state index in [9.17, 15) is 40.8 Å². The molecular weight excluding hydrogens is 724 g/mol. The van der Waals surface area contributed by atoms with E-state index < -0.39 is 67.4 Å². The molecule has 3 aromatic rings. The molecule has 0 aliphatic carbocycles. The number of nitrogens with zero attached hydrogens (tertiary/aromatic N) is 2. The number of sulfone groups is 1. The number of ether oxygens (including phenoxy) is 1. The Balaban J connectivity index is 1.60. The second-order valence-electron chi connectivity index (χ2n) is 13.2. The molecule has 274 valence electrons. The van der Waals surface area contributed by atoms with E-state index in [1.807, 2.05) is 0 Å². The molecule has 0 radical (unpaired) electrons. The predicted octanol–water partition coefficient (Wildman–Crippen LogP) is 5.94. The molecule has 1 amide bonds. The normalized spacial score (nSPS) is 16.1. The number of hydrogen-bond acceptors (Lipinski definition) is 8. The van der Waals surface area contributed by atoms with Crippen molar-refractivity contribution in [2.45, 2.75) is 83.1 Å². The van der Waals surface area contributed by atoms with Crippen molar-refractivity contribution in [2.75, 3.05) is 25.4 Å². The van der Waals surface area contributed by atoms with E-state index in [4.69, 9.17) is 27.9 Å². The Morgan fingerprint density at radius 2 is 1.80 bits per heavy atom. The van der Waals surface area contributed by atoms with E-state index in [1.54, 1.807) is 25.7 Å². The Bertz CT molecular complexity index is 2010. The van der Waals surface area contributed by atoms with E-state index in [-0.39, 0.29) is 64.2 Å². The van der Waals surface area contributed by atoms with Gasteiger partial charge in [0.15, 0.2) is 9.84 Å². The number of fused-ring (bicyclic) bond motifs is 1. The summed E-state index contributed by atoms with van der Waals surface area (Å²) in [7, 11) is -3.81. The summed E-state index contributed by atoms with van der Waals surface area (Å²) in [6, 6.07) is 4.49. The Hall–Kier alpha value is -3.40. The highest BCUT2D eigenvalue weighted by atomic mass is 35.5. The minimum atomic E-state index is -4.94. The van der Waals surface area contributed by atoms with E-state index in [1.165, 1.54) is 25.1 Å². The number of nitrogens with one attached hydrogen (secondary N) is 2. The number of benzene rings is 2. The van der Waals surface area contributed by atoms with Gasteiger partial charge in [-0.3, -0.25) is 19.1 Å². The first kappa shape index (κ1) is 39.4. The van der Waals surface area contributed by atoms with Crippen LogP contribution in [0.3, 0.4) is 0 Å². The quantitative estimate of drug-likeness (QED) is 0.228. The number of alkyl carbamates (subject to hydrolysis) is 1. The molecule has 0 bridgehead atoms. The van der Waals surface area contributed by atoms with Gasteiger partial charge in [-0.1, -0.05) is 30.1 Å². The maximum Gasteiger partial charge on any atom is 0.416 e. The van der Waals surface area contributed by atoms with Crippen LogP contribution in [0.1, 0.15) is 70.1 Å². The highest BCUT2D eigenvalue weighted by molar-refractivity contribution is 7.91. The maximum atomic E-state index is 14.5. The Labute approximate surface area is 297 Å². The summed E-state index contributed by atoms with van der Waals surface area (Å²) in [5, 5.41) is 1.74. The van der Waals surface area contributed by atoms with Crippen molar-refractivity contribution >= 4 is 55.8 Å². The molecule has 0 unspecified atom stereocenters. The van der Waals surface area contributed by atoms with Gasteiger partial charge < -0.3 is 15.0 Å². The molecule has 1 aliphatic heterocycles. The molecule has 11 nitrogen and oxygen atoms in total. The smallest absolute Gasteiger partial charge is 0.416 e. The van der Waals surface area contributed by atoms with Gasteiger partial charge in [0, 0.05) is 37.0 Å². The average molecular weight is 764 g/mol. The van der Waals surface area contributed by atoms with Gasteiger partial charge in [0.2, 0.25) is 0 Å². The van der Waals surface area contributed by atoms with Gasteiger partial charge in [-0.25, -0.2) is 18.0 Å². The maximum absolute atomic E-state index is 14.5. The number of alkyl halides is 3. The molecule has 2 heterocycles. The number of H-pyrrole nitrogens is 1. The van der Waals surface area contributed by atoms with Crippen molar-refractivity contribution in [2.24, 2.45) is 5.92 Å². The number of carbonyl (C=O) groups excluding carboxylic acids is 2. The number of likely N-dealkylation sites (tertiary alicyclic amines) is 1. The summed E-state index contributed by atoms with van der Waals surface area (Å²) in [5.74, 6) is -0.809. The molecule has 1 fully saturated rings. The van der Waals surface area contributed by atoms with Gasteiger partial charge in [-0.05, 0) is 82.0 Å². The molecule has 0 spiro atoms. The zero-order chi connectivity index (χ0) is 37.2. The molecule has 2 N–H and O–H groups in total. The van der Waals surface area contributed by atoms with Crippen LogP contribution in [0.2, 0.25) is 10.0 Å². The number of carbonyl (C=O) groups is 2. The van der Waals surface area contributed by atoms with Crippen LogP contribution < -0.4 is 16.6 Å². The summed E-state index contributed by atoms with van der Waals surface area (Å²) < 4.78 is 74.7. The number of rotatable bonds is 11. The van der Waals surface area contributed by atoms with Crippen LogP contribution in [0.5, 0.6) is 0 Å². The van der Waals surface area contributed by atoms with E-state index in [0.29, 0.717) is 36.4 Å². The fourth-order valence-corrected chi connectivity index (χ4v) is 7.52.